The number of piperidine rings is 1. The lowest BCUT2D eigenvalue weighted by molar-refractivity contribution is 0.215. The van der Waals surface area contributed by atoms with Crippen molar-refractivity contribution in [3.05, 3.63) is 30.0 Å². The van der Waals surface area contributed by atoms with Gasteiger partial charge in [-0.1, -0.05) is 19.1 Å². The molecule has 2 heterocycles. The third-order valence-corrected chi connectivity index (χ3v) is 4.11. The van der Waals surface area contributed by atoms with Gasteiger partial charge in [-0.25, -0.2) is 0 Å². The van der Waals surface area contributed by atoms with Crippen molar-refractivity contribution >= 4 is 10.9 Å². The summed E-state index contributed by atoms with van der Waals surface area (Å²) in [4.78, 5) is 2.40. The fourth-order valence-corrected chi connectivity index (χ4v) is 2.83. The van der Waals surface area contributed by atoms with Gasteiger partial charge >= 0.3 is 0 Å². The minimum atomic E-state index is 0.575. The molecular weight excluding hydrogens is 222 g/mol. The molecule has 1 aromatic heterocycles. The molecule has 0 spiro atoms. The van der Waals surface area contributed by atoms with Crippen LogP contribution in [0.25, 0.3) is 10.9 Å². The first-order chi connectivity index (χ1) is 8.78. The van der Waals surface area contributed by atoms with Crippen LogP contribution in [0.5, 0.6) is 0 Å². The first-order valence-electron chi connectivity index (χ1n) is 6.92. The van der Waals surface area contributed by atoms with E-state index >= 15 is 0 Å². The predicted octanol–water partition coefficient (Wildman–Crippen LogP) is 2.87. The molecule has 0 aliphatic carbocycles. The molecule has 0 unspecified atom stereocenters. The Morgan fingerprint density at radius 3 is 2.78 bits per heavy atom. The number of likely N-dealkylation sites (tertiary alicyclic amines) is 1. The van der Waals surface area contributed by atoms with Gasteiger partial charge in [-0.15, -0.1) is 0 Å². The molecule has 0 N–H and O–H groups in total. The molecule has 0 atom stereocenters. The SMILES string of the molecule is CCc1ccc2cnn(C3CCN(C)CC3)c2c1. The summed E-state index contributed by atoms with van der Waals surface area (Å²) in [6.07, 6.45) is 5.52. The average molecular weight is 243 g/mol. The molecule has 1 saturated heterocycles. The Morgan fingerprint density at radius 2 is 2.06 bits per heavy atom. The third-order valence-electron chi connectivity index (χ3n) is 4.11. The highest BCUT2D eigenvalue weighted by atomic mass is 15.3. The van der Waals surface area contributed by atoms with Crippen molar-refractivity contribution in [1.82, 2.24) is 14.7 Å². The lowest BCUT2D eigenvalue weighted by atomic mass is 10.0. The van der Waals surface area contributed by atoms with Crippen LogP contribution in [0.4, 0.5) is 0 Å². The number of fused-ring (bicyclic) bond motifs is 1. The summed E-state index contributed by atoms with van der Waals surface area (Å²) in [6.45, 7) is 4.57. The Hall–Kier alpha value is -1.35. The quantitative estimate of drug-likeness (QED) is 0.808. The van der Waals surface area contributed by atoms with E-state index in [0.29, 0.717) is 6.04 Å². The molecule has 1 fully saturated rings. The van der Waals surface area contributed by atoms with Crippen molar-refractivity contribution in [3.63, 3.8) is 0 Å². The minimum Gasteiger partial charge on any atom is -0.306 e. The van der Waals surface area contributed by atoms with Gasteiger partial charge in [0.05, 0.1) is 17.8 Å². The van der Waals surface area contributed by atoms with Gasteiger partial charge in [0, 0.05) is 5.39 Å². The second-order valence-electron chi connectivity index (χ2n) is 5.37. The molecule has 0 amide bonds. The van der Waals surface area contributed by atoms with E-state index < -0.39 is 0 Å². The van der Waals surface area contributed by atoms with Gasteiger partial charge in [0.2, 0.25) is 0 Å². The minimum absolute atomic E-state index is 0.575. The fourth-order valence-electron chi connectivity index (χ4n) is 2.83. The van der Waals surface area contributed by atoms with Crippen molar-refractivity contribution < 1.29 is 0 Å². The number of hydrogen-bond donors (Lipinski definition) is 0. The van der Waals surface area contributed by atoms with E-state index in [-0.39, 0.29) is 0 Å². The zero-order valence-corrected chi connectivity index (χ0v) is 11.3. The topological polar surface area (TPSA) is 21.1 Å². The molecule has 96 valence electrons. The summed E-state index contributed by atoms with van der Waals surface area (Å²) in [7, 11) is 2.20. The zero-order valence-electron chi connectivity index (χ0n) is 11.3. The largest absolute Gasteiger partial charge is 0.306 e. The van der Waals surface area contributed by atoms with Crippen LogP contribution >= 0.6 is 0 Å². The number of rotatable bonds is 2. The number of aromatic nitrogens is 2. The summed E-state index contributed by atoms with van der Waals surface area (Å²) in [5.74, 6) is 0. The van der Waals surface area contributed by atoms with Crippen molar-refractivity contribution in [2.24, 2.45) is 0 Å². The Bertz CT molecular complexity index is 536. The molecule has 0 saturated carbocycles. The Labute approximate surface area is 108 Å². The van der Waals surface area contributed by atoms with Crippen molar-refractivity contribution in [3.8, 4) is 0 Å². The standard InChI is InChI=1S/C15H21N3/c1-3-12-4-5-13-11-16-18(15(13)10-12)14-6-8-17(2)9-7-14/h4-5,10-11,14H,3,6-9H2,1-2H3. The Morgan fingerprint density at radius 1 is 1.28 bits per heavy atom. The maximum Gasteiger partial charge on any atom is 0.0688 e. The van der Waals surface area contributed by atoms with Gasteiger partial charge in [-0.3, -0.25) is 4.68 Å². The first kappa shape index (κ1) is 11.7. The van der Waals surface area contributed by atoms with E-state index in [4.69, 9.17) is 0 Å². The summed E-state index contributed by atoms with van der Waals surface area (Å²) < 4.78 is 2.25. The van der Waals surface area contributed by atoms with E-state index in [2.05, 4.69) is 46.9 Å². The lowest BCUT2D eigenvalue weighted by Gasteiger charge is -2.29. The molecule has 2 aromatic rings. The van der Waals surface area contributed by atoms with E-state index in [0.717, 1.165) is 6.42 Å². The summed E-state index contributed by atoms with van der Waals surface area (Å²) in [5.41, 5.74) is 2.71. The van der Waals surface area contributed by atoms with Crippen LogP contribution in [0.15, 0.2) is 24.4 Å². The molecule has 1 aliphatic heterocycles. The first-order valence-corrected chi connectivity index (χ1v) is 6.92. The second kappa shape index (κ2) is 4.73. The molecule has 3 rings (SSSR count). The van der Waals surface area contributed by atoms with E-state index in [1.54, 1.807) is 0 Å². The highest BCUT2D eigenvalue weighted by molar-refractivity contribution is 5.79. The van der Waals surface area contributed by atoms with Gasteiger partial charge < -0.3 is 4.90 Å². The highest BCUT2D eigenvalue weighted by Gasteiger charge is 2.20. The highest BCUT2D eigenvalue weighted by Crippen LogP contribution is 2.26. The maximum atomic E-state index is 4.62. The van der Waals surface area contributed by atoms with Gasteiger partial charge in [-0.2, -0.15) is 5.10 Å². The fraction of sp³-hybridized carbons (Fsp3) is 0.533. The monoisotopic (exact) mass is 243 g/mol. The summed E-state index contributed by atoms with van der Waals surface area (Å²) >= 11 is 0. The third kappa shape index (κ3) is 2.03. The zero-order chi connectivity index (χ0) is 12.5. The molecule has 1 aliphatic rings. The van der Waals surface area contributed by atoms with Gasteiger partial charge in [0.15, 0.2) is 0 Å². The smallest absolute Gasteiger partial charge is 0.0688 e. The van der Waals surface area contributed by atoms with Crippen molar-refractivity contribution in [1.29, 1.82) is 0 Å². The summed E-state index contributed by atoms with van der Waals surface area (Å²) in [5, 5.41) is 5.89. The molecule has 0 radical (unpaired) electrons. The van der Waals surface area contributed by atoms with Gasteiger partial charge in [-0.05, 0) is 51.0 Å². The van der Waals surface area contributed by atoms with Crippen LogP contribution in [-0.4, -0.2) is 34.8 Å². The van der Waals surface area contributed by atoms with Crippen molar-refractivity contribution in [2.75, 3.05) is 20.1 Å². The van der Waals surface area contributed by atoms with Crippen LogP contribution in [0.2, 0.25) is 0 Å². The Balaban J connectivity index is 1.96. The number of hydrogen-bond acceptors (Lipinski definition) is 2. The maximum absolute atomic E-state index is 4.62. The van der Waals surface area contributed by atoms with Crippen LogP contribution < -0.4 is 0 Å². The molecular formula is C15H21N3. The van der Waals surface area contributed by atoms with Gasteiger partial charge in [0.25, 0.3) is 0 Å². The van der Waals surface area contributed by atoms with Crippen LogP contribution in [0.3, 0.4) is 0 Å². The molecule has 0 bridgehead atoms. The second-order valence-corrected chi connectivity index (χ2v) is 5.37. The van der Waals surface area contributed by atoms with Gasteiger partial charge in [0.1, 0.15) is 0 Å². The number of aryl methyl sites for hydroxylation is 1. The molecule has 3 heteroatoms. The predicted molar refractivity (Wildman–Crippen MR) is 74.9 cm³/mol. The lowest BCUT2D eigenvalue weighted by Crippen LogP contribution is -2.31. The number of benzene rings is 1. The Kier molecular flexibility index (Phi) is 3.08. The molecule has 1 aromatic carbocycles. The van der Waals surface area contributed by atoms with E-state index in [1.807, 2.05) is 6.20 Å². The van der Waals surface area contributed by atoms with Crippen LogP contribution in [0, 0.1) is 0 Å². The van der Waals surface area contributed by atoms with E-state index in [1.165, 1.54) is 42.4 Å². The number of nitrogens with zero attached hydrogens (tertiary/aromatic N) is 3. The van der Waals surface area contributed by atoms with Crippen LogP contribution in [-0.2, 0) is 6.42 Å². The summed E-state index contributed by atoms with van der Waals surface area (Å²) in [6, 6.07) is 7.29. The normalized spacial score (nSPS) is 18.6. The average Bonchev–Trinajstić information content (AvgIpc) is 2.82. The van der Waals surface area contributed by atoms with Crippen LogP contribution in [0.1, 0.15) is 31.4 Å². The van der Waals surface area contributed by atoms with E-state index in [9.17, 15) is 0 Å². The molecule has 18 heavy (non-hydrogen) atoms. The van der Waals surface area contributed by atoms with Crippen molar-refractivity contribution in [2.45, 2.75) is 32.2 Å². The molecule has 3 nitrogen and oxygen atoms in total.